The number of imidazole rings is 1. The van der Waals surface area contributed by atoms with Crippen molar-refractivity contribution in [2.24, 2.45) is 11.3 Å². The van der Waals surface area contributed by atoms with Gasteiger partial charge in [0, 0.05) is 6.54 Å². The van der Waals surface area contributed by atoms with Gasteiger partial charge in [0.1, 0.15) is 5.52 Å². The number of para-hydroxylation sites is 1. The lowest BCUT2D eigenvalue weighted by molar-refractivity contribution is 0.0699. The maximum absolute atomic E-state index is 11.2. The van der Waals surface area contributed by atoms with Crippen LogP contribution in [0.15, 0.2) is 24.5 Å². The van der Waals surface area contributed by atoms with E-state index in [2.05, 4.69) is 32.7 Å². The predicted molar refractivity (Wildman–Crippen MR) is 75.3 cm³/mol. The van der Waals surface area contributed by atoms with Crippen molar-refractivity contribution in [3.63, 3.8) is 0 Å². The minimum atomic E-state index is -0.931. The minimum absolute atomic E-state index is 0.209. The van der Waals surface area contributed by atoms with Crippen molar-refractivity contribution < 1.29 is 9.90 Å². The number of carbonyl (C=O) groups is 1. The first-order chi connectivity index (χ1) is 8.80. The van der Waals surface area contributed by atoms with Gasteiger partial charge in [-0.15, -0.1) is 0 Å². The van der Waals surface area contributed by atoms with Crippen molar-refractivity contribution >= 4 is 17.0 Å². The van der Waals surface area contributed by atoms with Crippen LogP contribution >= 0.6 is 0 Å². The lowest BCUT2D eigenvalue weighted by atomic mass is 9.82. The van der Waals surface area contributed by atoms with Gasteiger partial charge in [-0.25, -0.2) is 9.78 Å². The van der Waals surface area contributed by atoms with Gasteiger partial charge in [-0.1, -0.05) is 33.8 Å². The van der Waals surface area contributed by atoms with Crippen LogP contribution in [0.5, 0.6) is 0 Å². The third-order valence-electron chi connectivity index (χ3n) is 3.83. The van der Waals surface area contributed by atoms with Crippen LogP contribution in [-0.2, 0) is 6.54 Å². The molecule has 0 bridgehead atoms. The molecule has 1 aromatic heterocycles. The van der Waals surface area contributed by atoms with Crippen LogP contribution in [0, 0.1) is 11.3 Å². The predicted octanol–water partition coefficient (Wildman–Crippen LogP) is 3.42. The highest BCUT2D eigenvalue weighted by Crippen LogP contribution is 2.28. The minimum Gasteiger partial charge on any atom is -0.478 e. The maximum Gasteiger partial charge on any atom is 0.337 e. The average molecular weight is 260 g/mol. The van der Waals surface area contributed by atoms with E-state index in [-0.39, 0.29) is 11.0 Å². The number of benzene rings is 1. The van der Waals surface area contributed by atoms with Crippen LogP contribution in [0.1, 0.15) is 38.1 Å². The van der Waals surface area contributed by atoms with E-state index in [9.17, 15) is 4.79 Å². The Balaban J connectivity index is 2.42. The summed E-state index contributed by atoms with van der Waals surface area (Å²) in [6.07, 6.45) is 1.74. The molecule has 1 heterocycles. The first-order valence-electron chi connectivity index (χ1n) is 6.48. The first-order valence-corrected chi connectivity index (χ1v) is 6.48. The summed E-state index contributed by atoms with van der Waals surface area (Å²) in [7, 11) is 0. The lowest BCUT2D eigenvalue weighted by Gasteiger charge is -2.27. The molecule has 0 saturated carbocycles. The van der Waals surface area contributed by atoms with Crippen molar-refractivity contribution in [1.29, 1.82) is 0 Å². The molecule has 1 atom stereocenters. The van der Waals surface area contributed by atoms with Crippen molar-refractivity contribution in [1.82, 2.24) is 9.55 Å². The van der Waals surface area contributed by atoms with Gasteiger partial charge in [0.2, 0.25) is 0 Å². The van der Waals surface area contributed by atoms with Crippen LogP contribution in [0.25, 0.3) is 11.0 Å². The molecule has 102 valence electrons. The molecule has 4 nitrogen and oxygen atoms in total. The molecular formula is C15H20N2O2. The van der Waals surface area contributed by atoms with E-state index in [4.69, 9.17) is 5.11 Å². The maximum atomic E-state index is 11.2. The van der Waals surface area contributed by atoms with Gasteiger partial charge in [0.15, 0.2) is 0 Å². The first kappa shape index (κ1) is 13.6. The summed E-state index contributed by atoms with van der Waals surface area (Å²) in [6.45, 7) is 9.66. The Bertz CT molecular complexity index is 608. The van der Waals surface area contributed by atoms with E-state index in [0.29, 0.717) is 11.4 Å². The second-order valence-electron chi connectivity index (χ2n) is 6.14. The van der Waals surface area contributed by atoms with Gasteiger partial charge < -0.3 is 9.67 Å². The summed E-state index contributed by atoms with van der Waals surface area (Å²) in [5, 5.41) is 9.15. The van der Waals surface area contributed by atoms with E-state index in [1.165, 1.54) is 0 Å². The SMILES string of the molecule is CC(Cn1cnc2c(C(=O)O)cccc21)C(C)(C)C. The van der Waals surface area contributed by atoms with Gasteiger partial charge in [-0.05, 0) is 23.5 Å². The lowest BCUT2D eigenvalue weighted by Crippen LogP contribution is -2.22. The molecule has 0 aliphatic rings. The van der Waals surface area contributed by atoms with E-state index in [1.807, 2.05) is 10.6 Å². The third kappa shape index (κ3) is 2.62. The number of hydrogen-bond acceptors (Lipinski definition) is 2. The van der Waals surface area contributed by atoms with Gasteiger partial charge in [0.25, 0.3) is 0 Å². The fourth-order valence-corrected chi connectivity index (χ4v) is 1.98. The van der Waals surface area contributed by atoms with Crippen LogP contribution in [-0.4, -0.2) is 20.6 Å². The van der Waals surface area contributed by atoms with Gasteiger partial charge >= 0.3 is 5.97 Å². The largest absolute Gasteiger partial charge is 0.478 e. The Morgan fingerprint density at radius 3 is 2.68 bits per heavy atom. The van der Waals surface area contributed by atoms with Gasteiger partial charge in [-0.3, -0.25) is 0 Å². The highest BCUT2D eigenvalue weighted by atomic mass is 16.4. The van der Waals surface area contributed by atoms with Crippen LogP contribution in [0.4, 0.5) is 0 Å². The van der Waals surface area contributed by atoms with E-state index in [1.54, 1.807) is 18.5 Å². The van der Waals surface area contributed by atoms with Crippen molar-refractivity contribution in [3.05, 3.63) is 30.1 Å². The summed E-state index contributed by atoms with van der Waals surface area (Å²) in [4.78, 5) is 15.4. The summed E-state index contributed by atoms with van der Waals surface area (Å²) >= 11 is 0. The number of aromatic nitrogens is 2. The number of carboxylic acids is 1. The summed E-state index contributed by atoms with van der Waals surface area (Å²) in [5.41, 5.74) is 1.92. The summed E-state index contributed by atoms with van der Waals surface area (Å²) < 4.78 is 2.04. The molecule has 0 spiro atoms. The van der Waals surface area contributed by atoms with E-state index < -0.39 is 5.97 Å². The van der Waals surface area contributed by atoms with Gasteiger partial charge in [0.05, 0.1) is 17.4 Å². The smallest absolute Gasteiger partial charge is 0.337 e. The fraction of sp³-hybridized carbons (Fsp3) is 0.467. The zero-order valence-corrected chi connectivity index (χ0v) is 11.8. The molecule has 0 radical (unpaired) electrons. The van der Waals surface area contributed by atoms with Crippen molar-refractivity contribution in [2.75, 3.05) is 0 Å². The number of nitrogens with zero attached hydrogens (tertiary/aromatic N) is 2. The molecule has 4 heteroatoms. The molecule has 1 N–H and O–H groups in total. The Labute approximate surface area is 113 Å². The van der Waals surface area contributed by atoms with Gasteiger partial charge in [-0.2, -0.15) is 0 Å². The molecule has 19 heavy (non-hydrogen) atoms. The normalized spacial score (nSPS) is 13.7. The molecule has 0 aliphatic carbocycles. The Morgan fingerprint density at radius 2 is 2.11 bits per heavy atom. The number of carboxylic acid groups (broad SMARTS) is 1. The third-order valence-corrected chi connectivity index (χ3v) is 3.83. The summed E-state index contributed by atoms with van der Waals surface area (Å²) in [6, 6.07) is 5.28. The number of fused-ring (bicyclic) bond motifs is 1. The quantitative estimate of drug-likeness (QED) is 0.920. The molecule has 0 amide bonds. The Kier molecular flexibility index (Phi) is 3.35. The van der Waals surface area contributed by atoms with Crippen LogP contribution in [0.2, 0.25) is 0 Å². The standard InChI is InChI=1S/C15H20N2O2/c1-10(15(2,3)4)8-17-9-16-13-11(14(18)19)6-5-7-12(13)17/h5-7,9-10H,8H2,1-4H3,(H,18,19). The molecule has 2 rings (SSSR count). The number of aromatic carboxylic acids is 1. The van der Waals surface area contributed by atoms with Crippen molar-refractivity contribution in [2.45, 2.75) is 34.2 Å². The molecule has 1 unspecified atom stereocenters. The number of hydrogen-bond donors (Lipinski definition) is 1. The Morgan fingerprint density at radius 1 is 1.42 bits per heavy atom. The molecule has 0 fully saturated rings. The molecule has 1 aromatic carbocycles. The van der Waals surface area contributed by atoms with E-state index >= 15 is 0 Å². The summed E-state index contributed by atoms with van der Waals surface area (Å²) in [5.74, 6) is -0.460. The van der Waals surface area contributed by atoms with E-state index in [0.717, 1.165) is 12.1 Å². The second-order valence-corrected chi connectivity index (χ2v) is 6.14. The zero-order valence-electron chi connectivity index (χ0n) is 11.8. The molecule has 0 saturated heterocycles. The highest BCUT2D eigenvalue weighted by molar-refractivity contribution is 6.00. The average Bonchev–Trinajstić information content (AvgIpc) is 2.71. The fourth-order valence-electron chi connectivity index (χ4n) is 1.98. The topological polar surface area (TPSA) is 55.1 Å². The molecule has 0 aliphatic heterocycles. The second kappa shape index (κ2) is 4.68. The zero-order chi connectivity index (χ0) is 14.2. The van der Waals surface area contributed by atoms with Crippen LogP contribution < -0.4 is 0 Å². The molecule has 2 aromatic rings. The Hall–Kier alpha value is -1.84. The monoisotopic (exact) mass is 260 g/mol. The van der Waals surface area contributed by atoms with Crippen molar-refractivity contribution in [3.8, 4) is 0 Å². The number of rotatable bonds is 3. The van der Waals surface area contributed by atoms with Crippen LogP contribution in [0.3, 0.4) is 0 Å². The molecular weight excluding hydrogens is 240 g/mol. The highest BCUT2D eigenvalue weighted by Gasteiger charge is 2.21.